The maximum absolute atomic E-state index is 9.59. The normalized spacial score (nSPS) is 9.83. The summed E-state index contributed by atoms with van der Waals surface area (Å²) < 4.78 is 0. The van der Waals surface area contributed by atoms with Gasteiger partial charge in [0, 0.05) is 0 Å². The minimum absolute atomic E-state index is 0. The van der Waals surface area contributed by atoms with Gasteiger partial charge in [-0.3, -0.25) is 0 Å². The zero-order chi connectivity index (χ0) is 4.50. The number of nitrogens with two attached hydrogens (primary N) is 2. The van der Waals surface area contributed by atoms with Gasteiger partial charge in [0.2, 0.25) is 0 Å². The van der Waals surface area contributed by atoms with Gasteiger partial charge in [-0.05, 0) is 6.57 Å². The fraction of sp³-hybridized carbons (Fsp3) is 0. The third-order valence-electron chi connectivity index (χ3n) is 0. The van der Waals surface area contributed by atoms with Gasteiger partial charge in [-0.1, -0.05) is 11.8 Å². The van der Waals surface area contributed by atoms with Gasteiger partial charge < -0.3 is 22.1 Å². The second-order valence-corrected chi connectivity index (χ2v) is 3.65. The lowest BCUT2D eigenvalue weighted by atomic mass is 13.9. The summed E-state index contributed by atoms with van der Waals surface area (Å²) >= 11 is 3.94. The van der Waals surface area contributed by atoms with E-state index in [1.807, 2.05) is 0 Å². The lowest BCUT2D eigenvalue weighted by molar-refractivity contribution is -0.161. The fourth-order valence-corrected chi connectivity index (χ4v) is 0. The van der Waals surface area contributed by atoms with Gasteiger partial charge in [-0.25, -0.2) is 0 Å². The van der Waals surface area contributed by atoms with Crippen LogP contribution < -0.4 is 22.1 Å². The molecule has 0 fully saturated rings. The highest BCUT2D eigenvalue weighted by molar-refractivity contribution is 8.08. The maximum Gasteiger partial charge on any atom is -0.0100 e. The second-order valence-electron chi connectivity index (χ2n) is 0.645. The molecule has 0 aromatic heterocycles. The molecular weight excluding hydrogens is 121 g/mol. The average molecular weight is 129 g/mol. The van der Waals surface area contributed by atoms with E-state index in [9.17, 15) is 4.89 Å². The maximum atomic E-state index is 9.59. The van der Waals surface area contributed by atoms with Crippen molar-refractivity contribution in [1.82, 2.24) is 6.15 Å². The average Bonchev–Trinajstić information content (AvgIpc) is 0.722. The van der Waals surface area contributed by atoms with Crippen LogP contribution in [0, 0.1) is 0 Å². The summed E-state index contributed by atoms with van der Waals surface area (Å²) in [6.45, 7) is -3.06. The molecule has 0 amide bonds. The van der Waals surface area contributed by atoms with E-state index < -0.39 is 6.57 Å². The molecule has 6 heavy (non-hydrogen) atoms. The summed E-state index contributed by atoms with van der Waals surface area (Å²) in [5.74, 6) is 0. The summed E-state index contributed by atoms with van der Waals surface area (Å²) in [6, 6.07) is 0. The van der Waals surface area contributed by atoms with E-state index in [2.05, 4.69) is 22.8 Å². The monoisotopic (exact) mass is 129 g/mol. The van der Waals surface area contributed by atoms with Crippen LogP contribution >= 0.6 is 6.57 Å². The van der Waals surface area contributed by atoms with Crippen molar-refractivity contribution in [2.24, 2.45) is 11.0 Å². The lowest BCUT2D eigenvalue weighted by Gasteiger charge is -2.12. The molecule has 0 radical (unpaired) electrons. The van der Waals surface area contributed by atoms with Crippen molar-refractivity contribution in [3.05, 3.63) is 0 Å². The minimum Gasteiger partial charge on any atom is -0.799 e. The number of hydrogen-bond donors (Lipinski definition) is 3. The minimum atomic E-state index is -3.06. The van der Waals surface area contributed by atoms with Crippen LogP contribution in [0.4, 0.5) is 0 Å². The molecule has 40 valence electrons. The topological polar surface area (TPSA) is 112 Å². The van der Waals surface area contributed by atoms with Gasteiger partial charge in [0.15, 0.2) is 0 Å². The van der Waals surface area contributed by atoms with E-state index in [1.54, 1.807) is 0 Å². The summed E-state index contributed by atoms with van der Waals surface area (Å²) in [5, 5.41) is 0. The summed E-state index contributed by atoms with van der Waals surface area (Å²) in [5.41, 5.74) is 9.00. The first kappa shape index (κ1) is 9.70. The number of quaternary nitrogens is 1. The SMILES string of the molecule is NP(N)([O-])=S.[NH4+]. The van der Waals surface area contributed by atoms with Crippen molar-refractivity contribution in [1.29, 1.82) is 0 Å². The molecule has 0 rings (SSSR count). The molecule has 0 aromatic rings. The molecule has 0 saturated heterocycles. The highest BCUT2D eigenvalue weighted by Crippen LogP contribution is 2.06. The molecule has 0 aliphatic rings. The van der Waals surface area contributed by atoms with Crippen LogP contribution in [-0.2, 0) is 11.8 Å². The van der Waals surface area contributed by atoms with Crippen LogP contribution in [-0.4, -0.2) is 0 Å². The molecule has 0 bridgehead atoms. The highest BCUT2D eigenvalue weighted by Gasteiger charge is 1.68. The molecule has 0 aromatic carbocycles. The van der Waals surface area contributed by atoms with Gasteiger partial charge in [-0.2, -0.15) is 0 Å². The van der Waals surface area contributed by atoms with Gasteiger partial charge in [0.05, 0.1) is 0 Å². The largest absolute Gasteiger partial charge is 0.799 e. The molecule has 0 aliphatic carbocycles. The Morgan fingerprint density at radius 3 is 1.50 bits per heavy atom. The van der Waals surface area contributed by atoms with Crippen molar-refractivity contribution >= 4 is 18.4 Å². The van der Waals surface area contributed by atoms with Crippen molar-refractivity contribution in [3.63, 3.8) is 0 Å². The molecule has 0 unspecified atom stereocenters. The number of rotatable bonds is 0. The first-order chi connectivity index (χ1) is 2.00. The van der Waals surface area contributed by atoms with Crippen molar-refractivity contribution in [2.45, 2.75) is 0 Å². The molecular formula is H8N3OPS. The lowest BCUT2D eigenvalue weighted by Crippen LogP contribution is -2.16. The zero-order valence-electron chi connectivity index (χ0n) is 3.42. The quantitative estimate of drug-likeness (QED) is 0.359. The molecule has 0 heterocycles. The molecule has 8 N–H and O–H groups in total. The molecule has 0 saturated carbocycles. The first-order valence-corrected chi connectivity index (χ1v) is 3.74. The first-order valence-electron chi connectivity index (χ1n) is 0.882. The van der Waals surface area contributed by atoms with Crippen molar-refractivity contribution in [3.8, 4) is 0 Å². The van der Waals surface area contributed by atoms with Crippen LogP contribution in [0.3, 0.4) is 0 Å². The Kier molecular flexibility index (Phi) is 4.25. The Balaban J connectivity index is 0. The Bertz CT molecular complexity index is 56.9. The summed E-state index contributed by atoms with van der Waals surface area (Å²) in [4.78, 5) is 9.59. The van der Waals surface area contributed by atoms with Crippen LogP contribution in [0.15, 0.2) is 0 Å². The zero-order valence-corrected chi connectivity index (χ0v) is 5.13. The van der Waals surface area contributed by atoms with E-state index in [1.165, 1.54) is 0 Å². The van der Waals surface area contributed by atoms with Crippen molar-refractivity contribution < 1.29 is 4.89 Å². The third-order valence-corrected chi connectivity index (χ3v) is 0. The molecule has 4 nitrogen and oxygen atoms in total. The molecule has 0 spiro atoms. The van der Waals surface area contributed by atoms with Gasteiger partial charge in [0.1, 0.15) is 0 Å². The number of hydrogen-bond acceptors (Lipinski definition) is 2. The third kappa shape index (κ3) is 228. The fourth-order valence-electron chi connectivity index (χ4n) is 0. The van der Waals surface area contributed by atoms with E-state index >= 15 is 0 Å². The molecule has 6 heteroatoms. The molecule has 0 atom stereocenters. The predicted molar refractivity (Wildman–Crippen MR) is 28.6 cm³/mol. The Morgan fingerprint density at radius 1 is 1.50 bits per heavy atom. The van der Waals surface area contributed by atoms with E-state index in [4.69, 9.17) is 0 Å². The Labute approximate surface area is 41.3 Å². The van der Waals surface area contributed by atoms with Crippen LogP contribution in [0.5, 0.6) is 0 Å². The van der Waals surface area contributed by atoms with Gasteiger partial charge in [-0.15, -0.1) is 0 Å². The van der Waals surface area contributed by atoms with Gasteiger partial charge >= 0.3 is 0 Å². The van der Waals surface area contributed by atoms with Crippen molar-refractivity contribution in [2.75, 3.05) is 0 Å². The van der Waals surface area contributed by atoms with E-state index in [0.717, 1.165) is 0 Å². The van der Waals surface area contributed by atoms with Crippen LogP contribution in [0.25, 0.3) is 0 Å². The molecule has 0 aliphatic heterocycles. The van der Waals surface area contributed by atoms with Gasteiger partial charge in [0.25, 0.3) is 0 Å². The second kappa shape index (κ2) is 2.63. The Hall–Kier alpha value is 0.490. The van der Waals surface area contributed by atoms with E-state index in [-0.39, 0.29) is 6.15 Å². The Morgan fingerprint density at radius 2 is 1.50 bits per heavy atom. The van der Waals surface area contributed by atoms with E-state index in [0.29, 0.717) is 0 Å². The predicted octanol–water partition coefficient (Wildman–Crippen LogP) is -1.14. The smallest absolute Gasteiger partial charge is 0.0100 e. The summed E-state index contributed by atoms with van der Waals surface area (Å²) in [6.07, 6.45) is 0. The van der Waals surface area contributed by atoms with Crippen LogP contribution in [0.1, 0.15) is 0 Å². The summed E-state index contributed by atoms with van der Waals surface area (Å²) in [7, 11) is 0. The highest BCUT2D eigenvalue weighted by atomic mass is 32.4. The van der Waals surface area contributed by atoms with Crippen LogP contribution in [0.2, 0.25) is 0 Å². The standard InChI is InChI=1S/H5N2OPS.H3N/c1-4(2,3)5;/h(H5,1,2,3,5);1H3.